The van der Waals surface area contributed by atoms with E-state index < -0.39 is 0 Å². The Morgan fingerprint density at radius 2 is 2.11 bits per heavy atom. The Kier molecular flexibility index (Phi) is 4.72. The Morgan fingerprint density at radius 1 is 1.28 bits per heavy atom. The molecular weight excluding hydrogens is 228 g/mol. The summed E-state index contributed by atoms with van der Waals surface area (Å²) in [6, 6.07) is 8.14. The molecule has 1 aromatic heterocycles. The van der Waals surface area contributed by atoms with Crippen LogP contribution in [0.5, 0.6) is 5.75 Å². The molecule has 0 fully saturated rings. The first-order valence-electron chi connectivity index (χ1n) is 6.13. The van der Waals surface area contributed by atoms with Gasteiger partial charge in [-0.1, -0.05) is 19.1 Å². The zero-order valence-electron chi connectivity index (χ0n) is 10.5. The maximum atomic E-state index is 5.63. The van der Waals surface area contributed by atoms with Crippen LogP contribution in [0.2, 0.25) is 0 Å². The van der Waals surface area contributed by atoms with Crippen LogP contribution in [0.4, 0.5) is 0 Å². The molecule has 0 bridgehead atoms. The van der Waals surface area contributed by atoms with Crippen LogP contribution in [0.1, 0.15) is 12.5 Å². The molecule has 1 aromatic carbocycles. The van der Waals surface area contributed by atoms with Crippen molar-refractivity contribution in [3.05, 3.63) is 42.5 Å². The Bertz CT molecular complexity index is 439. The van der Waals surface area contributed by atoms with Crippen LogP contribution in [0.3, 0.4) is 0 Å². The molecule has 0 aliphatic carbocycles. The Morgan fingerprint density at radius 3 is 2.78 bits per heavy atom. The largest absolute Gasteiger partial charge is 0.492 e. The van der Waals surface area contributed by atoms with Crippen LogP contribution in [0.15, 0.2) is 36.9 Å². The smallest absolute Gasteiger partial charge is 0.137 e. The van der Waals surface area contributed by atoms with Crippen molar-refractivity contribution in [2.45, 2.75) is 20.0 Å². The molecule has 1 N–H and O–H groups in total. The van der Waals surface area contributed by atoms with Gasteiger partial charge >= 0.3 is 0 Å². The number of aromatic nitrogens is 3. The van der Waals surface area contributed by atoms with E-state index in [2.05, 4.69) is 34.5 Å². The lowest BCUT2D eigenvalue weighted by atomic mass is 10.2. The fourth-order valence-corrected chi connectivity index (χ4v) is 1.58. The molecule has 0 aliphatic rings. The van der Waals surface area contributed by atoms with Crippen molar-refractivity contribution in [1.29, 1.82) is 0 Å². The molecule has 5 nitrogen and oxygen atoms in total. The highest BCUT2D eigenvalue weighted by Crippen LogP contribution is 2.12. The van der Waals surface area contributed by atoms with E-state index in [9.17, 15) is 0 Å². The van der Waals surface area contributed by atoms with Crippen molar-refractivity contribution in [3.63, 3.8) is 0 Å². The summed E-state index contributed by atoms with van der Waals surface area (Å²) >= 11 is 0. The van der Waals surface area contributed by atoms with Crippen LogP contribution in [-0.2, 0) is 13.1 Å². The fraction of sp³-hybridized carbons (Fsp3) is 0.385. The van der Waals surface area contributed by atoms with Gasteiger partial charge in [0.2, 0.25) is 0 Å². The summed E-state index contributed by atoms with van der Waals surface area (Å²) in [5, 5.41) is 7.30. The highest BCUT2D eigenvalue weighted by molar-refractivity contribution is 5.27. The van der Waals surface area contributed by atoms with Gasteiger partial charge in [0.1, 0.15) is 25.0 Å². The average molecular weight is 246 g/mol. The monoisotopic (exact) mass is 246 g/mol. The van der Waals surface area contributed by atoms with E-state index in [4.69, 9.17) is 4.74 Å². The zero-order valence-corrected chi connectivity index (χ0v) is 10.5. The number of nitrogens with one attached hydrogen (secondary N) is 1. The van der Waals surface area contributed by atoms with Gasteiger partial charge in [-0.3, -0.25) is 0 Å². The van der Waals surface area contributed by atoms with Crippen molar-refractivity contribution in [2.24, 2.45) is 0 Å². The van der Waals surface area contributed by atoms with E-state index in [1.54, 1.807) is 11.0 Å². The summed E-state index contributed by atoms with van der Waals surface area (Å²) in [5.41, 5.74) is 1.26. The predicted octanol–water partition coefficient (Wildman–Crippen LogP) is 1.47. The Balaban J connectivity index is 1.75. The van der Waals surface area contributed by atoms with Crippen molar-refractivity contribution in [3.8, 4) is 5.75 Å². The second-order valence-electron chi connectivity index (χ2n) is 3.93. The summed E-state index contributed by atoms with van der Waals surface area (Å²) in [5.74, 6) is 0.885. The highest BCUT2D eigenvalue weighted by atomic mass is 16.5. The molecule has 0 radical (unpaired) electrons. The number of nitrogens with zero attached hydrogens (tertiary/aromatic N) is 3. The topological polar surface area (TPSA) is 52.0 Å². The first kappa shape index (κ1) is 12.6. The van der Waals surface area contributed by atoms with Gasteiger partial charge < -0.3 is 10.1 Å². The molecule has 0 aliphatic heterocycles. The number of ether oxygens (including phenoxy) is 1. The second-order valence-corrected chi connectivity index (χ2v) is 3.93. The third-order valence-corrected chi connectivity index (χ3v) is 2.56. The molecular formula is C13H18N4O. The Hall–Kier alpha value is -1.88. The lowest BCUT2D eigenvalue weighted by molar-refractivity contribution is 0.291. The molecule has 0 saturated heterocycles. The zero-order chi connectivity index (χ0) is 12.6. The predicted molar refractivity (Wildman–Crippen MR) is 69.3 cm³/mol. The molecule has 0 saturated carbocycles. The third-order valence-electron chi connectivity index (χ3n) is 2.56. The number of rotatable bonds is 7. The summed E-state index contributed by atoms with van der Waals surface area (Å²) in [6.45, 7) is 5.28. The fourth-order valence-electron chi connectivity index (χ4n) is 1.58. The minimum absolute atomic E-state index is 0.593. The molecule has 18 heavy (non-hydrogen) atoms. The first-order chi connectivity index (χ1) is 8.88. The van der Waals surface area contributed by atoms with Crippen LogP contribution in [-0.4, -0.2) is 27.9 Å². The summed E-state index contributed by atoms with van der Waals surface area (Å²) in [4.78, 5) is 3.88. The van der Waals surface area contributed by atoms with Gasteiger partial charge in [-0.2, -0.15) is 5.10 Å². The number of hydrogen-bond acceptors (Lipinski definition) is 4. The quantitative estimate of drug-likeness (QED) is 0.803. The van der Waals surface area contributed by atoms with Crippen molar-refractivity contribution >= 4 is 0 Å². The van der Waals surface area contributed by atoms with Gasteiger partial charge in [0, 0.05) is 6.54 Å². The van der Waals surface area contributed by atoms with Gasteiger partial charge in [0.25, 0.3) is 0 Å². The van der Waals surface area contributed by atoms with Crippen molar-refractivity contribution in [2.75, 3.05) is 13.2 Å². The summed E-state index contributed by atoms with van der Waals surface area (Å²) in [7, 11) is 0. The maximum Gasteiger partial charge on any atom is 0.137 e. The summed E-state index contributed by atoms with van der Waals surface area (Å²) in [6.07, 6.45) is 3.21. The van der Waals surface area contributed by atoms with Crippen LogP contribution >= 0.6 is 0 Å². The van der Waals surface area contributed by atoms with Gasteiger partial charge in [0.05, 0.1) is 6.54 Å². The van der Waals surface area contributed by atoms with Gasteiger partial charge in [0.15, 0.2) is 0 Å². The Labute approximate surface area is 107 Å². The van der Waals surface area contributed by atoms with E-state index >= 15 is 0 Å². The lowest BCUT2D eigenvalue weighted by Crippen LogP contribution is -2.11. The maximum absolute atomic E-state index is 5.63. The molecule has 0 spiro atoms. The molecule has 0 atom stereocenters. The van der Waals surface area contributed by atoms with Gasteiger partial charge in [-0.15, -0.1) is 0 Å². The third kappa shape index (κ3) is 3.85. The van der Waals surface area contributed by atoms with Gasteiger partial charge in [-0.25, -0.2) is 9.67 Å². The van der Waals surface area contributed by atoms with E-state index in [-0.39, 0.29) is 0 Å². The number of hydrogen-bond donors (Lipinski definition) is 1. The molecule has 0 unspecified atom stereocenters. The molecule has 96 valence electrons. The lowest BCUT2D eigenvalue weighted by Gasteiger charge is -2.07. The van der Waals surface area contributed by atoms with E-state index in [1.807, 2.05) is 12.1 Å². The standard InChI is InChI=1S/C13H18N4O/c1-2-14-9-12-3-5-13(6-4-12)18-8-7-17-11-15-10-16-17/h3-6,10-11,14H,2,7-9H2,1H3. The second kappa shape index (κ2) is 6.76. The van der Waals surface area contributed by atoms with Crippen LogP contribution < -0.4 is 10.1 Å². The van der Waals surface area contributed by atoms with Crippen LogP contribution in [0.25, 0.3) is 0 Å². The number of benzene rings is 1. The van der Waals surface area contributed by atoms with E-state index in [1.165, 1.54) is 11.9 Å². The minimum Gasteiger partial charge on any atom is -0.492 e. The molecule has 1 heterocycles. The minimum atomic E-state index is 0.593. The van der Waals surface area contributed by atoms with Crippen LogP contribution in [0, 0.1) is 0 Å². The molecule has 0 amide bonds. The summed E-state index contributed by atoms with van der Waals surface area (Å²) < 4.78 is 7.38. The molecule has 5 heteroatoms. The highest BCUT2D eigenvalue weighted by Gasteiger charge is 1.96. The molecule has 2 rings (SSSR count). The normalized spacial score (nSPS) is 10.5. The van der Waals surface area contributed by atoms with Crippen molar-refractivity contribution < 1.29 is 4.74 Å². The van der Waals surface area contributed by atoms with Gasteiger partial charge in [-0.05, 0) is 24.2 Å². The first-order valence-corrected chi connectivity index (χ1v) is 6.13. The average Bonchev–Trinajstić information content (AvgIpc) is 2.91. The SMILES string of the molecule is CCNCc1ccc(OCCn2cncn2)cc1. The van der Waals surface area contributed by atoms with Crippen molar-refractivity contribution in [1.82, 2.24) is 20.1 Å². The van der Waals surface area contributed by atoms with E-state index in [0.717, 1.165) is 18.8 Å². The van der Waals surface area contributed by atoms with E-state index in [0.29, 0.717) is 13.2 Å². The molecule has 2 aromatic rings.